The van der Waals surface area contributed by atoms with Crippen LogP contribution >= 0.6 is 11.6 Å². The average molecular weight is 571 g/mol. The van der Waals surface area contributed by atoms with Gasteiger partial charge in [0.2, 0.25) is 11.8 Å². The number of halogens is 4. The lowest BCUT2D eigenvalue weighted by molar-refractivity contribution is -0.136. The quantitative estimate of drug-likeness (QED) is 0.411. The molecule has 11 heteroatoms. The Kier molecular flexibility index (Phi) is 7.80. The van der Waals surface area contributed by atoms with Crippen molar-refractivity contribution >= 4 is 35.0 Å². The van der Waals surface area contributed by atoms with Crippen molar-refractivity contribution in [2.24, 2.45) is 0 Å². The van der Waals surface area contributed by atoms with E-state index in [9.17, 15) is 27.6 Å². The van der Waals surface area contributed by atoms with Gasteiger partial charge in [-0.05, 0) is 42.8 Å². The summed E-state index contributed by atoms with van der Waals surface area (Å²) in [5.74, 6) is -5.18. The summed E-state index contributed by atoms with van der Waals surface area (Å²) in [4.78, 5) is 47.8. The number of benzene rings is 2. The van der Waals surface area contributed by atoms with Crippen LogP contribution in [0.2, 0.25) is 5.02 Å². The van der Waals surface area contributed by atoms with E-state index in [2.05, 4.69) is 10.3 Å². The number of carbonyl (C=O) groups is 3. The molecule has 1 aliphatic carbocycles. The van der Waals surface area contributed by atoms with Crippen molar-refractivity contribution in [1.29, 1.82) is 0 Å². The van der Waals surface area contributed by atoms with E-state index in [1.807, 2.05) is 0 Å². The van der Waals surface area contributed by atoms with Crippen LogP contribution in [0.25, 0.3) is 0 Å². The van der Waals surface area contributed by atoms with Crippen molar-refractivity contribution in [1.82, 2.24) is 15.2 Å². The highest BCUT2D eigenvalue weighted by Crippen LogP contribution is 2.39. The van der Waals surface area contributed by atoms with Crippen molar-refractivity contribution in [3.8, 4) is 0 Å². The minimum absolute atomic E-state index is 0.0566. The molecule has 2 aromatic carbocycles. The second-order valence-electron chi connectivity index (χ2n) is 9.98. The summed E-state index contributed by atoms with van der Waals surface area (Å²) >= 11 is 6.49. The Bertz CT molecular complexity index is 1420. The molecule has 1 unspecified atom stereocenters. The molecular formula is C29H26ClF3N4O3. The number of carbonyl (C=O) groups excluding carboxylic acids is 3. The van der Waals surface area contributed by atoms with Gasteiger partial charge in [-0.2, -0.15) is 0 Å². The fourth-order valence-electron chi connectivity index (χ4n) is 5.18. The largest absolute Gasteiger partial charge is 0.351 e. The second-order valence-corrected chi connectivity index (χ2v) is 10.4. The zero-order valence-corrected chi connectivity index (χ0v) is 22.0. The zero-order valence-electron chi connectivity index (χ0n) is 21.3. The van der Waals surface area contributed by atoms with Gasteiger partial charge >= 0.3 is 0 Å². The van der Waals surface area contributed by atoms with Crippen molar-refractivity contribution in [3.05, 3.63) is 95.0 Å². The second kappa shape index (κ2) is 11.3. The van der Waals surface area contributed by atoms with E-state index in [1.54, 1.807) is 42.6 Å². The normalized spacial score (nSPS) is 19.1. The molecule has 2 aliphatic rings. The van der Waals surface area contributed by atoms with E-state index < -0.39 is 54.5 Å². The van der Waals surface area contributed by atoms with Gasteiger partial charge in [0.1, 0.15) is 17.9 Å². The first-order chi connectivity index (χ1) is 19.1. The number of aromatic nitrogens is 1. The molecule has 0 bridgehead atoms. The fourth-order valence-corrected chi connectivity index (χ4v) is 5.42. The minimum Gasteiger partial charge on any atom is -0.351 e. The van der Waals surface area contributed by atoms with Crippen molar-refractivity contribution in [2.45, 2.75) is 56.3 Å². The number of likely N-dealkylation sites (tertiary alicyclic amines) is 1. The lowest BCUT2D eigenvalue weighted by Gasteiger charge is -2.39. The monoisotopic (exact) mass is 570 g/mol. The lowest BCUT2D eigenvalue weighted by Crippen LogP contribution is -2.56. The molecule has 0 radical (unpaired) electrons. The molecule has 1 saturated carbocycles. The Morgan fingerprint density at radius 3 is 2.52 bits per heavy atom. The molecule has 7 nitrogen and oxygen atoms in total. The number of hydrogen-bond acceptors (Lipinski definition) is 4. The maximum atomic E-state index is 14.5. The van der Waals surface area contributed by atoms with Crippen LogP contribution in [0.1, 0.15) is 43.0 Å². The Labute approximate surface area is 233 Å². The van der Waals surface area contributed by atoms with Gasteiger partial charge in [-0.1, -0.05) is 41.9 Å². The highest BCUT2D eigenvalue weighted by atomic mass is 35.5. The average Bonchev–Trinajstić information content (AvgIpc) is 3.26. The van der Waals surface area contributed by atoms with E-state index in [1.165, 1.54) is 29.2 Å². The number of amides is 3. The molecule has 40 heavy (non-hydrogen) atoms. The van der Waals surface area contributed by atoms with Gasteiger partial charge < -0.3 is 10.2 Å². The Morgan fingerprint density at radius 2 is 1.85 bits per heavy atom. The van der Waals surface area contributed by atoms with Gasteiger partial charge in [-0.15, -0.1) is 0 Å². The summed E-state index contributed by atoms with van der Waals surface area (Å²) < 4.78 is 41.6. The molecule has 2 fully saturated rings. The van der Waals surface area contributed by atoms with Crippen molar-refractivity contribution < 1.29 is 27.6 Å². The minimum atomic E-state index is -2.88. The first-order valence-corrected chi connectivity index (χ1v) is 13.2. The molecule has 0 spiro atoms. The summed E-state index contributed by atoms with van der Waals surface area (Å²) in [6.45, 7) is 0.0627. The lowest BCUT2D eigenvalue weighted by atomic mass is 9.87. The molecule has 5 rings (SSSR count). The van der Waals surface area contributed by atoms with E-state index >= 15 is 0 Å². The highest BCUT2D eigenvalue weighted by Gasteiger charge is 2.48. The van der Waals surface area contributed by atoms with Crippen molar-refractivity contribution in [2.75, 3.05) is 4.90 Å². The Morgan fingerprint density at radius 1 is 1.10 bits per heavy atom. The third-order valence-electron chi connectivity index (χ3n) is 7.14. The molecule has 1 aliphatic heterocycles. The third kappa shape index (κ3) is 5.82. The zero-order chi connectivity index (χ0) is 28.4. The van der Waals surface area contributed by atoms with E-state index in [-0.39, 0.29) is 41.6 Å². The number of alkyl halides is 2. The van der Waals surface area contributed by atoms with Gasteiger partial charge in [0.05, 0.1) is 12.2 Å². The molecule has 208 valence electrons. The first-order valence-electron chi connectivity index (χ1n) is 12.8. The van der Waals surface area contributed by atoms with Crippen LogP contribution in [0.15, 0.2) is 72.9 Å². The van der Waals surface area contributed by atoms with Crippen LogP contribution in [0.5, 0.6) is 0 Å². The maximum Gasteiger partial charge on any atom is 0.252 e. The predicted molar refractivity (Wildman–Crippen MR) is 142 cm³/mol. The summed E-state index contributed by atoms with van der Waals surface area (Å²) in [7, 11) is 0. The summed E-state index contributed by atoms with van der Waals surface area (Å²) in [5.41, 5.74) is 0.853. The Balaban J connectivity index is 1.56. The number of nitrogens with zero attached hydrogens (tertiary/aromatic N) is 3. The number of nitrogens with one attached hydrogen (secondary N) is 1. The predicted octanol–water partition coefficient (Wildman–Crippen LogP) is 5.05. The van der Waals surface area contributed by atoms with E-state index in [4.69, 9.17) is 11.6 Å². The van der Waals surface area contributed by atoms with Gasteiger partial charge in [0.25, 0.3) is 11.8 Å². The smallest absolute Gasteiger partial charge is 0.252 e. The molecule has 2 atom stereocenters. The first kappa shape index (κ1) is 27.6. The van der Waals surface area contributed by atoms with Crippen LogP contribution < -0.4 is 10.2 Å². The molecular weight excluding hydrogens is 545 g/mol. The summed E-state index contributed by atoms with van der Waals surface area (Å²) in [6, 6.07) is 13.5. The number of rotatable bonds is 8. The number of pyridine rings is 1. The topological polar surface area (TPSA) is 82.6 Å². The van der Waals surface area contributed by atoms with Crippen LogP contribution in [-0.4, -0.2) is 45.6 Å². The molecule has 2 heterocycles. The van der Waals surface area contributed by atoms with Gasteiger partial charge in [0, 0.05) is 47.8 Å². The standard InChI is InChI=1S/C29H26ClF3N4O3/c30-23-10-2-1-9-22(23)26(27(39)35-20-15-29(32,33)16-20)37(21-8-5-6-18(31)14-21)28(40)24-11-12-25(38)36(24)17-19-7-3-4-13-34-19/h1-10,13-14,20,24,26H,11-12,15-17H2,(H,35,39)/t24-,26?/m0/s1. The van der Waals surface area contributed by atoms with E-state index in [0.717, 1.165) is 11.0 Å². The van der Waals surface area contributed by atoms with Crippen LogP contribution in [0.4, 0.5) is 18.9 Å². The molecule has 1 saturated heterocycles. The highest BCUT2D eigenvalue weighted by molar-refractivity contribution is 6.31. The van der Waals surface area contributed by atoms with Crippen LogP contribution in [0, 0.1) is 5.82 Å². The summed E-state index contributed by atoms with van der Waals surface area (Å²) in [5, 5.41) is 2.77. The maximum absolute atomic E-state index is 14.5. The van der Waals surface area contributed by atoms with Crippen molar-refractivity contribution in [3.63, 3.8) is 0 Å². The third-order valence-corrected chi connectivity index (χ3v) is 7.48. The Hall–Kier alpha value is -3.92. The SMILES string of the molecule is O=C(NC1CC(F)(F)C1)C(c1ccccc1Cl)N(C(=O)[C@@H]1CCC(=O)N1Cc1ccccn1)c1cccc(F)c1. The summed E-state index contributed by atoms with van der Waals surface area (Å²) in [6.07, 6.45) is 0.781. The van der Waals surface area contributed by atoms with E-state index in [0.29, 0.717) is 5.69 Å². The number of hydrogen-bond donors (Lipinski definition) is 1. The molecule has 1 aromatic heterocycles. The van der Waals surface area contributed by atoms with Gasteiger partial charge in [0.15, 0.2) is 0 Å². The van der Waals surface area contributed by atoms with Crippen LogP contribution in [-0.2, 0) is 20.9 Å². The molecule has 3 amide bonds. The van der Waals surface area contributed by atoms with Crippen LogP contribution in [0.3, 0.4) is 0 Å². The molecule has 1 N–H and O–H groups in total. The molecule has 3 aromatic rings. The fraction of sp³-hybridized carbons (Fsp3) is 0.310. The van der Waals surface area contributed by atoms with Gasteiger partial charge in [-0.25, -0.2) is 13.2 Å². The van der Waals surface area contributed by atoms with Gasteiger partial charge in [-0.3, -0.25) is 24.3 Å². The number of anilines is 1.